The van der Waals surface area contributed by atoms with Crippen molar-refractivity contribution in [2.75, 3.05) is 6.54 Å². The van der Waals surface area contributed by atoms with Crippen LogP contribution in [0.15, 0.2) is 0 Å². The third-order valence-corrected chi connectivity index (χ3v) is 3.88. The lowest BCUT2D eigenvalue weighted by atomic mass is 9.73. The van der Waals surface area contributed by atoms with E-state index in [2.05, 4.69) is 33.0 Å². The van der Waals surface area contributed by atoms with Crippen molar-refractivity contribution in [1.82, 2.24) is 5.32 Å². The molecule has 0 bridgehead atoms. The van der Waals surface area contributed by atoms with E-state index in [9.17, 15) is 4.79 Å². The van der Waals surface area contributed by atoms with Crippen LogP contribution in [0.4, 0.5) is 0 Å². The molecule has 1 atom stereocenters. The Kier molecular flexibility index (Phi) is 5.44. The molecule has 1 fully saturated rings. The Labute approximate surface area is 105 Å². The molecule has 1 aliphatic rings. The largest absolute Gasteiger partial charge is 0.481 e. The molecule has 3 heteroatoms. The lowest BCUT2D eigenvalue weighted by Crippen LogP contribution is -2.45. The molecule has 1 rings (SSSR count). The van der Waals surface area contributed by atoms with Crippen LogP contribution in [0.25, 0.3) is 0 Å². The standard InChI is InChI=1S/C14H27NO2/c1-9(2)5-12(14(16)17)8-15-13-6-11(7-13)10(3)4/h9-13,15H,5-8H2,1-4H3,(H,16,17). The molecule has 100 valence electrons. The molecule has 0 aromatic carbocycles. The monoisotopic (exact) mass is 241 g/mol. The maximum atomic E-state index is 11.1. The quantitative estimate of drug-likeness (QED) is 0.720. The minimum Gasteiger partial charge on any atom is -0.481 e. The van der Waals surface area contributed by atoms with E-state index in [4.69, 9.17) is 5.11 Å². The van der Waals surface area contributed by atoms with Crippen LogP contribution in [0.3, 0.4) is 0 Å². The van der Waals surface area contributed by atoms with Gasteiger partial charge in [-0.3, -0.25) is 4.79 Å². The summed E-state index contributed by atoms with van der Waals surface area (Å²) in [4.78, 5) is 11.1. The van der Waals surface area contributed by atoms with Crippen molar-refractivity contribution in [3.8, 4) is 0 Å². The van der Waals surface area contributed by atoms with Gasteiger partial charge in [-0.15, -0.1) is 0 Å². The number of carboxylic acid groups (broad SMARTS) is 1. The van der Waals surface area contributed by atoms with Crippen LogP contribution in [0.5, 0.6) is 0 Å². The molecule has 0 saturated heterocycles. The first kappa shape index (κ1) is 14.5. The Hall–Kier alpha value is -0.570. The molecule has 3 nitrogen and oxygen atoms in total. The summed E-state index contributed by atoms with van der Waals surface area (Å²) in [5.41, 5.74) is 0. The minimum atomic E-state index is -0.661. The smallest absolute Gasteiger partial charge is 0.307 e. The lowest BCUT2D eigenvalue weighted by molar-refractivity contribution is -0.142. The third kappa shape index (κ3) is 4.66. The van der Waals surface area contributed by atoms with E-state index < -0.39 is 5.97 Å². The predicted molar refractivity (Wildman–Crippen MR) is 69.9 cm³/mol. The summed E-state index contributed by atoms with van der Waals surface area (Å²) in [5, 5.41) is 12.5. The summed E-state index contributed by atoms with van der Waals surface area (Å²) in [6.07, 6.45) is 3.19. The van der Waals surface area contributed by atoms with Crippen molar-refractivity contribution in [2.45, 2.75) is 53.0 Å². The van der Waals surface area contributed by atoms with Crippen LogP contribution in [0, 0.1) is 23.7 Å². The van der Waals surface area contributed by atoms with E-state index >= 15 is 0 Å². The minimum absolute atomic E-state index is 0.229. The molecule has 1 unspecified atom stereocenters. The highest BCUT2D eigenvalue weighted by atomic mass is 16.4. The maximum Gasteiger partial charge on any atom is 0.307 e. The van der Waals surface area contributed by atoms with Crippen molar-refractivity contribution in [3.63, 3.8) is 0 Å². The van der Waals surface area contributed by atoms with Crippen LogP contribution in [-0.4, -0.2) is 23.7 Å². The van der Waals surface area contributed by atoms with Gasteiger partial charge in [-0.2, -0.15) is 0 Å². The van der Waals surface area contributed by atoms with Gasteiger partial charge in [0.05, 0.1) is 5.92 Å². The van der Waals surface area contributed by atoms with Gasteiger partial charge in [0.2, 0.25) is 0 Å². The van der Waals surface area contributed by atoms with Crippen LogP contribution in [-0.2, 0) is 4.79 Å². The number of aliphatic carboxylic acids is 1. The van der Waals surface area contributed by atoms with Gasteiger partial charge >= 0.3 is 5.97 Å². The zero-order valence-electron chi connectivity index (χ0n) is 11.6. The van der Waals surface area contributed by atoms with Crippen molar-refractivity contribution in [3.05, 3.63) is 0 Å². The highest BCUT2D eigenvalue weighted by molar-refractivity contribution is 5.70. The average molecular weight is 241 g/mol. The van der Waals surface area contributed by atoms with E-state index in [1.54, 1.807) is 0 Å². The Balaban J connectivity index is 2.22. The molecule has 0 aromatic rings. The van der Waals surface area contributed by atoms with E-state index in [0.29, 0.717) is 18.5 Å². The van der Waals surface area contributed by atoms with Gasteiger partial charge < -0.3 is 10.4 Å². The van der Waals surface area contributed by atoms with Gasteiger partial charge in [0.25, 0.3) is 0 Å². The van der Waals surface area contributed by atoms with Gasteiger partial charge in [0, 0.05) is 12.6 Å². The first-order valence-corrected chi connectivity index (χ1v) is 6.86. The molecule has 2 N–H and O–H groups in total. The maximum absolute atomic E-state index is 11.1. The van der Waals surface area contributed by atoms with E-state index in [-0.39, 0.29) is 5.92 Å². The summed E-state index contributed by atoms with van der Waals surface area (Å²) in [7, 11) is 0. The second-order valence-corrected chi connectivity index (χ2v) is 6.25. The van der Waals surface area contributed by atoms with Gasteiger partial charge in [0.15, 0.2) is 0 Å². The van der Waals surface area contributed by atoms with Crippen LogP contribution in [0.1, 0.15) is 47.0 Å². The fraction of sp³-hybridized carbons (Fsp3) is 0.929. The highest BCUT2D eigenvalue weighted by Crippen LogP contribution is 2.33. The Morgan fingerprint density at radius 2 is 1.88 bits per heavy atom. The first-order chi connectivity index (χ1) is 7.90. The van der Waals surface area contributed by atoms with Crippen molar-refractivity contribution >= 4 is 5.97 Å². The topological polar surface area (TPSA) is 49.3 Å². The molecule has 0 amide bonds. The number of rotatable bonds is 7. The summed E-state index contributed by atoms with van der Waals surface area (Å²) in [6, 6.07) is 0.552. The van der Waals surface area contributed by atoms with Crippen molar-refractivity contribution < 1.29 is 9.90 Å². The molecular weight excluding hydrogens is 214 g/mol. The van der Waals surface area contributed by atoms with Gasteiger partial charge in [-0.05, 0) is 37.0 Å². The van der Waals surface area contributed by atoms with E-state index in [1.807, 2.05) is 0 Å². The fourth-order valence-electron chi connectivity index (χ4n) is 2.52. The second kappa shape index (κ2) is 6.39. The van der Waals surface area contributed by atoms with Crippen molar-refractivity contribution in [1.29, 1.82) is 0 Å². The van der Waals surface area contributed by atoms with Crippen LogP contribution < -0.4 is 5.32 Å². The number of hydrogen-bond donors (Lipinski definition) is 2. The van der Waals surface area contributed by atoms with Crippen LogP contribution in [0.2, 0.25) is 0 Å². The zero-order chi connectivity index (χ0) is 13.0. The normalized spacial score (nSPS) is 26.0. The lowest BCUT2D eigenvalue weighted by Gasteiger charge is -2.39. The summed E-state index contributed by atoms with van der Waals surface area (Å²) < 4.78 is 0. The van der Waals surface area contributed by atoms with E-state index in [0.717, 1.165) is 18.3 Å². The van der Waals surface area contributed by atoms with Gasteiger partial charge in [-0.1, -0.05) is 27.7 Å². The van der Waals surface area contributed by atoms with E-state index in [1.165, 1.54) is 12.8 Å². The zero-order valence-corrected chi connectivity index (χ0v) is 11.6. The molecule has 1 saturated carbocycles. The summed E-state index contributed by atoms with van der Waals surface area (Å²) in [6.45, 7) is 9.31. The predicted octanol–water partition coefficient (Wildman–Crippen LogP) is 2.76. The Morgan fingerprint density at radius 1 is 1.29 bits per heavy atom. The molecular formula is C14H27NO2. The Morgan fingerprint density at radius 3 is 2.29 bits per heavy atom. The SMILES string of the molecule is CC(C)CC(CNC1CC(C(C)C)C1)C(=O)O. The van der Waals surface area contributed by atoms with Crippen molar-refractivity contribution in [2.24, 2.45) is 23.7 Å². The molecule has 1 aliphatic carbocycles. The number of carbonyl (C=O) groups is 1. The molecule has 0 heterocycles. The van der Waals surface area contributed by atoms with Crippen LogP contribution >= 0.6 is 0 Å². The average Bonchev–Trinajstić information content (AvgIpc) is 2.11. The highest BCUT2D eigenvalue weighted by Gasteiger charge is 2.31. The Bertz CT molecular complexity index is 245. The van der Waals surface area contributed by atoms with Gasteiger partial charge in [0.1, 0.15) is 0 Å². The van der Waals surface area contributed by atoms with Gasteiger partial charge in [-0.25, -0.2) is 0 Å². The number of nitrogens with one attached hydrogen (secondary N) is 1. The molecule has 0 radical (unpaired) electrons. The first-order valence-electron chi connectivity index (χ1n) is 6.86. The number of hydrogen-bond acceptors (Lipinski definition) is 2. The summed E-state index contributed by atoms with van der Waals surface area (Å²) in [5.74, 6) is 1.15. The molecule has 0 aliphatic heterocycles. The summed E-state index contributed by atoms with van der Waals surface area (Å²) >= 11 is 0. The second-order valence-electron chi connectivity index (χ2n) is 6.25. The fourth-order valence-corrected chi connectivity index (χ4v) is 2.52. The third-order valence-electron chi connectivity index (χ3n) is 3.88. The number of carboxylic acids is 1. The molecule has 17 heavy (non-hydrogen) atoms. The molecule has 0 aromatic heterocycles. The molecule has 0 spiro atoms.